The molecule has 0 amide bonds. The first-order chi connectivity index (χ1) is 12.2. The molecule has 0 unspecified atom stereocenters. The number of hydrogen-bond acceptors (Lipinski definition) is 8. The van der Waals surface area contributed by atoms with E-state index in [0.29, 0.717) is 18.1 Å². The fourth-order valence-electron chi connectivity index (χ4n) is 2.09. The summed E-state index contributed by atoms with van der Waals surface area (Å²) < 4.78 is 16.8. The van der Waals surface area contributed by atoms with Gasteiger partial charge in [0.25, 0.3) is 0 Å². The third kappa shape index (κ3) is 5.61. The van der Waals surface area contributed by atoms with Gasteiger partial charge in [-0.2, -0.15) is 11.8 Å². The molecule has 0 spiro atoms. The second kappa shape index (κ2) is 9.84. The molecule has 0 fully saturated rings. The van der Waals surface area contributed by atoms with Crippen molar-refractivity contribution in [1.82, 2.24) is 10.3 Å². The lowest BCUT2D eigenvalue weighted by molar-refractivity contribution is 0.304. The Bertz CT molecular complexity index is 710. The maximum Gasteiger partial charge on any atom is 0.202 e. The molecular formula is C15H20FN5O3S. The number of nitrogens with zero attached hydrogens (tertiary/aromatic N) is 3. The number of aliphatic hydroxyl groups is 1. The van der Waals surface area contributed by atoms with Gasteiger partial charge in [0, 0.05) is 18.1 Å². The summed E-state index contributed by atoms with van der Waals surface area (Å²) in [6.45, 7) is 0.774. The van der Waals surface area contributed by atoms with Crippen LogP contribution < -0.4 is 11.1 Å². The van der Waals surface area contributed by atoms with Gasteiger partial charge < -0.3 is 21.4 Å². The smallest absolute Gasteiger partial charge is 0.202 e. The molecule has 10 heteroatoms. The van der Waals surface area contributed by atoms with Crippen LogP contribution in [-0.4, -0.2) is 51.1 Å². The van der Waals surface area contributed by atoms with Crippen LogP contribution in [0.2, 0.25) is 0 Å². The van der Waals surface area contributed by atoms with Crippen molar-refractivity contribution in [2.24, 2.45) is 10.9 Å². The molecule has 0 atom stereocenters. The highest BCUT2D eigenvalue weighted by molar-refractivity contribution is 7.99. The van der Waals surface area contributed by atoms with Crippen LogP contribution in [0.1, 0.15) is 16.8 Å². The third-order valence-corrected chi connectivity index (χ3v) is 4.41. The van der Waals surface area contributed by atoms with Gasteiger partial charge in [-0.1, -0.05) is 11.2 Å². The second-order valence-corrected chi connectivity index (χ2v) is 6.35. The SMILES string of the molecule is Fc1ccc2c(c1)CC2.N/C(=N\O)c1nonc1NCCSCCO. The molecule has 0 saturated heterocycles. The zero-order chi connectivity index (χ0) is 18.1. The number of oxime groups is 1. The van der Waals surface area contributed by atoms with Crippen molar-refractivity contribution in [2.75, 3.05) is 30.0 Å². The zero-order valence-electron chi connectivity index (χ0n) is 13.5. The normalized spacial score (nSPS) is 12.6. The third-order valence-electron chi connectivity index (χ3n) is 3.45. The number of hydrogen-bond donors (Lipinski definition) is 4. The number of anilines is 1. The highest BCUT2D eigenvalue weighted by atomic mass is 32.2. The van der Waals surface area contributed by atoms with E-state index >= 15 is 0 Å². The van der Waals surface area contributed by atoms with E-state index in [0.717, 1.165) is 18.6 Å². The molecule has 1 aromatic carbocycles. The molecule has 1 aliphatic rings. The van der Waals surface area contributed by atoms with Gasteiger partial charge in [-0.15, -0.1) is 0 Å². The summed E-state index contributed by atoms with van der Waals surface area (Å²) in [6, 6.07) is 5.02. The first kappa shape index (κ1) is 19.0. The van der Waals surface area contributed by atoms with Crippen LogP contribution in [0.4, 0.5) is 10.2 Å². The van der Waals surface area contributed by atoms with E-state index in [1.54, 1.807) is 17.8 Å². The monoisotopic (exact) mass is 369 g/mol. The summed E-state index contributed by atoms with van der Waals surface area (Å²) in [6.07, 6.45) is 2.20. The summed E-state index contributed by atoms with van der Waals surface area (Å²) in [5, 5.41) is 29.8. The Hall–Kier alpha value is -2.33. The predicted octanol–water partition coefficient (Wildman–Crippen LogP) is 1.23. The topological polar surface area (TPSA) is 130 Å². The fourth-order valence-corrected chi connectivity index (χ4v) is 2.67. The number of thioether (sulfide) groups is 1. The van der Waals surface area contributed by atoms with Crippen LogP contribution in [0, 0.1) is 5.82 Å². The predicted molar refractivity (Wildman–Crippen MR) is 93.5 cm³/mol. The number of aryl methyl sites for hydroxylation is 2. The Balaban J connectivity index is 0.000000208. The van der Waals surface area contributed by atoms with Crippen LogP contribution in [0.15, 0.2) is 28.0 Å². The molecule has 1 aliphatic carbocycles. The number of nitrogens with one attached hydrogen (secondary N) is 1. The van der Waals surface area contributed by atoms with Crippen molar-refractivity contribution >= 4 is 23.4 Å². The minimum atomic E-state index is -0.160. The van der Waals surface area contributed by atoms with Crippen molar-refractivity contribution in [1.29, 1.82) is 0 Å². The van der Waals surface area contributed by atoms with E-state index in [-0.39, 0.29) is 24.0 Å². The number of fused-ring (bicyclic) bond motifs is 1. The van der Waals surface area contributed by atoms with E-state index in [1.807, 2.05) is 6.07 Å². The number of amidine groups is 1. The Morgan fingerprint density at radius 2 is 2.12 bits per heavy atom. The minimum Gasteiger partial charge on any atom is -0.409 e. The van der Waals surface area contributed by atoms with Crippen LogP contribution >= 0.6 is 11.8 Å². The Morgan fingerprint density at radius 3 is 2.72 bits per heavy atom. The summed E-state index contributed by atoms with van der Waals surface area (Å²) in [5.41, 5.74) is 8.03. The van der Waals surface area contributed by atoms with E-state index in [2.05, 4.69) is 25.4 Å². The maximum atomic E-state index is 12.4. The second-order valence-electron chi connectivity index (χ2n) is 5.12. The molecule has 3 rings (SSSR count). The molecule has 25 heavy (non-hydrogen) atoms. The number of benzene rings is 1. The molecule has 0 aliphatic heterocycles. The number of halogens is 1. The van der Waals surface area contributed by atoms with Gasteiger partial charge in [-0.05, 0) is 46.4 Å². The molecular weight excluding hydrogens is 349 g/mol. The van der Waals surface area contributed by atoms with Crippen molar-refractivity contribution in [3.05, 3.63) is 40.8 Å². The number of rotatable bonds is 7. The molecule has 2 aromatic rings. The Kier molecular flexibility index (Phi) is 7.48. The van der Waals surface area contributed by atoms with E-state index in [1.165, 1.54) is 17.2 Å². The van der Waals surface area contributed by atoms with E-state index in [4.69, 9.17) is 16.0 Å². The molecule has 136 valence electrons. The average molecular weight is 369 g/mol. The van der Waals surface area contributed by atoms with E-state index < -0.39 is 0 Å². The minimum absolute atomic E-state index is 0.103. The number of aliphatic hydroxyl groups excluding tert-OH is 1. The lowest BCUT2D eigenvalue weighted by Gasteiger charge is -2.17. The highest BCUT2D eigenvalue weighted by Crippen LogP contribution is 2.22. The van der Waals surface area contributed by atoms with E-state index in [9.17, 15) is 4.39 Å². The Labute approximate surface area is 148 Å². The lowest BCUT2D eigenvalue weighted by atomic mass is 9.89. The van der Waals surface area contributed by atoms with Gasteiger partial charge >= 0.3 is 0 Å². The van der Waals surface area contributed by atoms with Crippen molar-refractivity contribution in [3.63, 3.8) is 0 Å². The summed E-state index contributed by atoms with van der Waals surface area (Å²) in [5.74, 6) is 1.55. The lowest BCUT2D eigenvalue weighted by Crippen LogP contribution is -2.17. The fraction of sp³-hybridized carbons (Fsp3) is 0.400. The zero-order valence-corrected chi connectivity index (χ0v) is 14.3. The number of nitrogens with two attached hydrogens (primary N) is 1. The Morgan fingerprint density at radius 1 is 1.32 bits per heavy atom. The van der Waals surface area contributed by atoms with Gasteiger partial charge in [0.1, 0.15) is 5.82 Å². The van der Waals surface area contributed by atoms with Crippen LogP contribution in [0.25, 0.3) is 0 Å². The van der Waals surface area contributed by atoms with Crippen molar-refractivity contribution in [2.45, 2.75) is 12.8 Å². The average Bonchev–Trinajstić information content (AvgIpc) is 3.06. The van der Waals surface area contributed by atoms with Gasteiger partial charge in [0.15, 0.2) is 11.5 Å². The summed E-state index contributed by atoms with van der Waals surface area (Å²) in [7, 11) is 0. The first-order valence-electron chi connectivity index (χ1n) is 7.66. The molecule has 0 saturated carbocycles. The van der Waals surface area contributed by atoms with Crippen molar-refractivity contribution < 1.29 is 19.3 Å². The maximum absolute atomic E-state index is 12.4. The molecule has 5 N–H and O–H groups in total. The molecule has 1 aromatic heterocycles. The van der Waals surface area contributed by atoms with Crippen LogP contribution in [0.5, 0.6) is 0 Å². The van der Waals surface area contributed by atoms with Gasteiger partial charge in [0.05, 0.1) is 6.61 Å². The largest absolute Gasteiger partial charge is 0.409 e. The molecule has 1 heterocycles. The van der Waals surface area contributed by atoms with Gasteiger partial charge in [-0.3, -0.25) is 0 Å². The van der Waals surface area contributed by atoms with Crippen LogP contribution in [-0.2, 0) is 12.8 Å². The van der Waals surface area contributed by atoms with Gasteiger partial charge in [-0.25, -0.2) is 9.02 Å². The van der Waals surface area contributed by atoms with Gasteiger partial charge in [0.2, 0.25) is 5.82 Å². The molecule has 8 nitrogen and oxygen atoms in total. The standard InChI is InChI=1S/C8H7F.C7H13N5O3S/c9-8-4-3-6-1-2-7(6)5-8;8-6(10-14)5-7(12-15-11-5)9-1-3-16-4-2-13/h3-5H,1-2H2;13-14H,1-4H2,(H2,8,10)(H,9,12). The molecule has 0 bridgehead atoms. The molecule has 0 radical (unpaired) electrons. The first-order valence-corrected chi connectivity index (χ1v) is 8.81. The van der Waals surface area contributed by atoms with Crippen molar-refractivity contribution in [3.8, 4) is 0 Å². The summed E-state index contributed by atoms with van der Waals surface area (Å²) in [4.78, 5) is 0. The summed E-state index contributed by atoms with van der Waals surface area (Å²) >= 11 is 1.59. The number of aromatic nitrogens is 2. The quantitative estimate of drug-likeness (QED) is 0.188. The highest BCUT2D eigenvalue weighted by Gasteiger charge is 2.13. The van der Waals surface area contributed by atoms with Crippen LogP contribution in [0.3, 0.4) is 0 Å².